The normalized spacial score (nSPS) is 26.8. The third kappa shape index (κ3) is 2.80. The highest BCUT2D eigenvalue weighted by atomic mass is 16.2. The van der Waals surface area contributed by atoms with Crippen molar-refractivity contribution in [1.82, 2.24) is 0 Å². The molecule has 0 unspecified atom stereocenters. The first kappa shape index (κ1) is 18.8. The number of nitrogens with one attached hydrogen (secondary N) is 1. The highest BCUT2D eigenvalue weighted by molar-refractivity contribution is 6.23. The molecule has 5 rings (SSSR count). The van der Waals surface area contributed by atoms with Crippen LogP contribution in [0.2, 0.25) is 0 Å². The first-order valence-electron chi connectivity index (χ1n) is 10.4. The summed E-state index contributed by atoms with van der Waals surface area (Å²) in [6.07, 6.45) is 3.09. The minimum atomic E-state index is -0.223. The maximum atomic E-state index is 13.1. The van der Waals surface area contributed by atoms with Crippen molar-refractivity contribution in [3.8, 4) is 0 Å². The Kier molecular flexibility index (Phi) is 4.17. The lowest BCUT2D eigenvalue weighted by Crippen LogP contribution is -2.33. The van der Waals surface area contributed by atoms with E-state index in [0.29, 0.717) is 11.3 Å². The number of benzene rings is 2. The molecule has 1 saturated carbocycles. The van der Waals surface area contributed by atoms with E-state index in [4.69, 9.17) is 0 Å². The third-order valence-electron chi connectivity index (χ3n) is 6.75. The zero-order chi connectivity index (χ0) is 21.2. The number of allylic oxidation sites excluding steroid dienone is 2. The number of hydrogen-bond donors (Lipinski definition) is 1. The molecule has 1 aliphatic heterocycles. The maximum Gasteiger partial charge on any atom is 0.255 e. The van der Waals surface area contributed by atoms with Crippen LogP contribution in [0.15, 0.2) is 54.1 Å². The van der Waals surface area contributed by atoms with Gasteiger partial charge in [-0.15, -0.1) is 0 Å². The summed E-state index contributed by atoms with van der Waals surface area (Å²) in [5.74, 6) is -0.487. The van der Waals surface area contributed by atoms with E-state index in [-0.39, 0.29) is 41.4 Å². The van der Waals surface area contributed by atoms with Gasteiger partial charge in [-0.1, -0.05) is 17.7 Å². The van der Waals surface area contributed by atoms with Crippen LogP contribution in [0, 0.1) is 37.5 Å². The Balaban J connectivity index is 1.35. The minimum absolute atomic E-state index is 0.0996. The summed E-state index contributed by atoms with van der Waals surface area (Å²) in [6.45, 7) is 6.03. The van der Waals surface area contributed by atoms with E-state index in [1.54, 1.807) is 24.3 Å². The monoisotopic (exact) mass is 400 g/mol. The van der Waals surface area contributed by atoms with E-state index in [2.05, 4.69) is 18.3 Å². The van der Waals surface area contributed by atoms with E-state index in [1.165, 1.54) is 10.5 Å². The standard InChI is InChI=1S/C25H24N2O3/c1-13-8-14(2)10-18(9-13)26-23(28)16-4-6-19(7-5-16)27-24(29)21-17-11-15(3)20(12-17)22(21)25(27)30/h4-11,17,20-22H,12H2,1-3H3,(H,26,28)/t17-,20+,21-,22-/m0/s1. The van der Waals surface area contributed by atoms with Crippen molar-refractivity contribution < 1.29 is 14.4 Å². The molecule has 5 nitrogen and oxygen atoms in total. The van der Waals surface area contributed by atoms with Crippen LogP contribution >= 0.6 is 0 Å². The molecule has 2 fully saturated rings. The molecular weight excluding hydrogens is 376 g/mol. The molecule has 2 aromatic carbocycles. The fourth-order valence-corrected chi connectivity index (χ4v) is 5.54. The van der Waals surface area contributed by atoms with Gasteiger partial charge in [0.05, 0.1) is 17.5 Å². The number of fused-ring (bicyclic) bond motifs is 5. The average Bonchev–Trinajstić information content (AvgIpc) is 3.32. The number of anilines is 2. The molecule has 0 aromatic heterocycles. The first-order valence-corrected chi connectivity index (χ1v) is 10.4. The van der Waals surface area contributed by atoms with Gasteiger partial charge in [0.1, 0.15) is 0 Å². The molecule has 4 atom stereocenters. The zero-order valence-electron chi connectivity index (χ0n) is 17.3. The molecular formula is C25H24N2O3. The van der Waals surface area contributed by atoms with Crippen LogP contribution in [-0.2, 0) is 9.59 Å². The average molecular weight is 400 g/mol. The number of imide groups is 1. The molecule has 2 aromatic rings. The molecule has 3 aliphatic rings. The number of hydrogen-bond acceptors (Lipinski definition) is 3. The molecule has 2 bridgehead atoms. The van der Waals surface area contributed by atoms with Crippen molar-refractivity contribution in [2.45, 2.75) is 27.2 Å². The van der Waals surface area contributed by atoms with Crippen LogP contribution in [0.1, 0.15) is 34.8 Å². The lowest BCUT2D eigenvalue weighted by atomic mass is 9.82. The summed E-state index contributed by atoms with van der Waals surface area (Å²) in [6, 6.07) is 12.6. The quantitative estimate of drug-likeness (QED) is 0.618. The number of carbonyl (C=O) groups excluding carboxylic acids is 3. The second-order valence-electron chi connectivity index (χ2n) is 8.86. The third-order valence-corrected chi connectivity index (χ3v) is 6.75. The predicted octanol–water partition coefficient (Wildman–Crippen LogP) is 4.26. The summed E-state index contributed by atoms with van der Waals surface area (Å²) in [5.41, 5.74) is 5.17. The Morgan fingerprint density at radius 2 is 1.57 bits per heavy atom. The SMILES string of the molecule is CC1=C[C@H]2C[C@H]1[C@@H]1C(=O)N(c3ccc(C(=O)Nc4cc(C)cc(C)c4)cc3)C(=O)[C@H]12. The molecule has 5 heteroatoms. The van der Waals surface area contributed by atoms with Crippen molar-refractivity contribution >= 4 is 29.1 Å². The fraction of sp³-hybridized carbons (Fsp3) is 0.320. The largest absolute Gasteiger partial charge is 0.322 e. The maximum absolute atomic E-state index is 13.1. The Morgan fingerprint density at radius 3 is 2.23 bits per heavy atom. The van der Waals surface area contributed by atoms with E-state index in [0.717, 1.165) is 23.2 Å². The van der Waals surface area contributed by atoms with Gasteiger partial charge in [-0.3, -0.25) is 19.3 Å². The summed E-state index contributed by atoms with van der Waals surface area (Å²) in [7, 11) is 0. The zero-order valence-corrected chi connectivity index (χ0v) is 17.3. The number of amides is 3. The van der Waals surface area contributed by atoms with Crippen LogP contribution < -0.4 is 10.2 Å². The molecule has 2 aliphatic carbocycles. The van der Waals surface area contributed by atoms with Crippen LogP contribution in [-0.4, -0.2) is 17.7 Å². The van der Waals surface area contributed by atoms with Gasteiger partial charge in [0, 0.05) is 11.3 Å². The topological polar surface area (TPSA) is 66.5 Å². The van der Waals surface area contributed by atoms with Gasteiger partial charge >= 0.3 is 0 Å². The Labute approximate surface area is 175 Å². The Bertz CT molecular complexity index is 1100. The van der Waals surface area contributed by atoms with Gasteiger partial charge in [0.25, 0.3) is 5.91 Å². The van der Waals surface area contributed by atoms with Gasteiger partial charge in [0.2, 0.25) is 11.8 Å². The molecule has 0 radical (unpaired) electrons. The number of rotatable bonds is 3. The molecule has 152 valence electrons. The van der Waals surface area contributed by atoms with E-state index in [9.17, 15) is 14.4 Å². The summed E-state index contributed by atoms with van der Waals surface area (Å²) in [4.78, 5) is 40.0. The van der Waals surface area contributed by atoms with E-state index < -0.39 is 0 Å². The number of aryl methyl sites for hydroxylation is 2. The molecule has 1 heterocycles. The summed E-state index contributed by atoms with van der Waals surface area (Å²) < 4.78 is 0. The molecule has 3 amide bonds. The Morgan fingerprint density at radius 1 is 0.933 bits per heavy atom. The predicted molar refractivity (Wildman–Crippen MR) is 115 cm³/mol. The summed E-state index contributed by atoms with van der Waals surface area (Å²) >= 11 is 0. The molecule has 1 N–H and O–H groups in total. The van der Waals surface area contributed by atoms with Crippen LogP contribution in [0.25, 0.3) is 0 Å². The van der Waals surface area contributed by atoms with Gasteiger partial charge < -0.3 is 5.32 Å². The second-order valence-corrected chi connectivity index (χ2v) is 8.86. The number of nitrogens with zero attached hydrogens (tertiary/aromatic N) is 1. The highest BCUT2D eigenvalue weighted by Crippen LogP contribution is 2.55. The molecule has 0 spiro atoms. The van der Waals surface area contributed by atoms with Crippen molar-refractivity contribution in [3.05, 3.63) is 70.8 Å². The van der Waals surface area contributed by atoms with Gasteiger partial charge in [0.15, 0.2) is 0 Å². The second kappa shape index (κ2) is 6.66. The van der Waals surface area contributed by atoms with Crippen LogP contribution in [0.4, 0.5) is 11.4 Å². The van der Waals surface area contributed by atoms with Crippen molar-refractivity contribution in [1.29, 1.82) is 0 Å². The molecule has 1 saturated heterocycles. The minimum Gasteiger partial charge on any atom is -0.322 e. The van der Waals surface area contributed by atoms with Crippen molar-refractivity contribution in [3.63, 3.8) is 0 Å². The van der Waals surface area contributed by atoms with Gasteiger partial charge in [-0.05, 0) is 86.6 Å². The summed E-state index contributed by atoms with van der Waals surface area (Å²) in [5, 5.41) is 2.91. The van der Waals surface area contributed by atoms with Crippen molar-refractivity contribution in [2.24, 2.45) is 23.7 Å². The van der Waals surface area contributed by atoms with Gasteiger partial charge in [-0.25, -0.2) is 0 Å². The first-order chi connectivity index (χ1) is 14.3. The van der Waals surface area contributed by atoms with Crippen LogP contribution in [0.5, 0.6) is 0 Å². The number of carbonyl (C=O) groups is 3. The Hall–Kier alpha value is -3.21. The smallest absolute Gasteiger partial charge is 0.255 e. The van der Waals surface area contributed by atoms with Crippen LogP contribution in [0.3, 0.4) is 0 Å². The molecule has 30 heavy (non-hydrogen) atoms. The van der Waals surface area contributed by atoms with Gasteiger partial charge in [-0.2, -0.15) is 0 Å². The lowest BCUT2D eigenvalue weighted by Gasteiger charge is -2.19. The highest BCUT2D eigenvalue weighted by Gasteiger charge is 2.60. The lowest BCUT2D eigenvalue weighted by molar-refractivity contribution is -0.123. The van der Waals surface area contributed by atoms with E-state index in [1.807, 2.05) is 32.0 Å². The fourth-order valence-electron chi connectivity index (χ4n) is 5.54. The van der Waals surface area contributed by atoms with Crippen molar-refractivity contribution in [2.75, 3.05) is 10.2 Å². The van der Waals surface area contributed by atoms with E-state index >= 15 is 0 Å².